The van der Waals surface area contributed by atoms with Crippen molar-refractivity contribution in [2.75, 3.05) is 0 Å². The third-order valence-electron chi connectivity index (χ3n) is 10.2. The number of nitrogens with one attached hydrogen (secondary N) is 1. The minimum Gasteiger partial charge on any atom is -0.404 e. The molecule has 1 amide bonds. The van der Waals surface area contributed by atoms with Gasteiger partial charge in [0, 0.05) is 24.4 Å². The third kappa shape index (κ3) is 6.19. The van der Waals surface area contributed by atoms with Crippen molar-refractivity contribution >= 4 is 18.8 Å². The van der Waals surface area contributed by atoms with E-state index >= 15 is 0 Å². The molecule has 1 aromatic carbocycles. The molecule has 1 aromatic heterocycles. The number of nitrogens with zero attached hydrogens (tertiary/aromatic N) is 2. The molecule has 3 saturated carbocycles. The van der Waals surface area contributed by atoms with Gasteiger partial charge < -0.3 is 14.6 Å². The molecule has 8 heteroatoms. The van der Waals surface area contributed by atoms with Gasteiger partial charge in [0.15, 0.2) is 5.78 Å². The first-order valence-corrected chi connectivity index (χ1v) is 15.7. The summed E-state index contributed by atoms with van der Waals surface area (Å²) in [6, 6.07) is 9.69. The van der Waals surface area contributed by atoms with Crippen molar-refractivity contribution in [2.45, 2.75) is 111 Å². The monoisotopic (exact) mass is 561 g/mol. The Kier molecular flexibility index (Phi) is 8.82. The van der Waals surface area contributed by atoms with Crippen LogP contribution in [0.1, 0.15) is 96.0 Å². The molecule has 41 heavy (non-hydrogen) atoms. The van der Waals surface area contributed by atoms with E-state index in [0.717, 1.165) is 32.1 Å². The van der Waals surface area contributed by atoms with E-state index in [1.807, 2.05) is 36.5 Å². The van der Waals surface area contributed by atoms with Gasteiger partial charge in [0.25, 0.3) is 0 Å². The van der Waals surface area contributed by atoms with Gasteiger partial charge in [0.05, 0.1) is 30.1 Å². The lowest BCUT2D eigenvalue weighted by molar-refractivity contribution is -0.199. The largest absolute Gasteiger partial charge is 0.481 e. The first-order chi connectivity index (χ1) is 19.5. The Hall–Kier alpha value is -2.45. The number of amides is 1. The molecular weight excluding hydrogens is 513 g/mol. The molecule has 2 heterocycles. The quantitative estimate of drug-likeness (QED) is 0.243. The van der Waals surface area contributed by atoms with E-state index in [4.69, 9.17) is 9.31 Å². The van der Waals surface area contributed by atoms with Gasteiger partial charge in [-0.25, -0.2) is 0 Å². The normalized spacial score (nSPS) is 27.7. The lowest BCUT2D eigenvalue weighted by Gasteiger charge is -2.64. The summed E-state index contributed by atoms with van der Waals surface area (Å²) in [7, 11) is -0.497. The molecule has 222 valence electrons. The Morgan fingerprint density at radius 2 is 1.93 bits per heavy atom. The van der Waals surface area contributed by atoms with Crippen LogP contribution in [-0.4, -0.2) is 46.2 Å². The Morgan fingerprint density at radius 1 is 1.17 bits per heavy atom. The molecule has 1 aliphatic heterocycles. The average Bonchev–Trinajstić information content (AvgIpc) is 3.57. The fourth-order valence-corrected chi connectivity index (χ4v) is 7.57. The number of carbonyl (C=O) groups is 2. The minimum atomic E-state index is -0.567. The number of Topliss-reactive ketones (excluding diaryl/α,β-unsaturated/α-hetero) is 1. The van der Waals surface area contributed by atoms with Gasteiger partial charge in [0.1, 0.15) is 0 Å². The number of aryl methyl sites for hydroxylation is 1. The summed E-state index contributed by atoms with van der Waals surface area (Å²) in [4.78, 5) is 27.3. The summed E-state index contributed by atoms with van der Waals surface area (Å²) in [6.07, 6.45) is 9.90. The molecule has 4 fully saturated rings. The molecule has 6 atom stereocenters. The smallest absolute Gasteiger partial charge is 0.404 e. The number of aromatic nitrogens is 2. The van der Waals surface area contributed by atoms with Crippen molar-refractivity contribution in [3.63, 3.8) is 0 Å². The highest BCUT2D eigenvalue weighted by molar-refractivity contribution is 6.47. The van der Waals surface area contributed by atoms with Crippen molar-refractivity contribution < 1.29 is 18.9 Å². The second kappa shape index (κ2) is 12.0. The molecule has 6 rings (SSSR count). The Balaban J connectivity index is 1.30. The van der Waals surface area contributed by atoms with Gasteiger partial charge >= 0.3 is 7.12 Å². The van der Waals surface area contributed by atoms with Gasteiger partial charge in [-0.05, 0) is 73.8 Å². The van der Waals surface area contributed by atoms with E-state index in [0.29, 0.717) is 29.9 Å². The first kappa shape index (κ1) is 30.0. The summed E-state index contributed by atoms with van der Waals surface area (Å²) >= 11 is 0. The molecule has 1 N–H and O–H groups in total. The van der Waals surface area contributed by atoms with Crippen molar-refractivity contribution in [3.8, 4) is 0 Å². The molecule has 0 unspecified atom stereocenters. The standard InChI is InChI=1S/C33H48BN3O4/c1-7-8-10-23-11-13-24(14-12-23)27(38)18-25(21-37-16-9-15-35-37)31(39)36-30(17-22(2)3)34-40-29-20-26-19-28(32(26,4)5)33(29,6)41-34/h9,11-16,22,25-26,28-30H,7-8,10,17-21H2,1-6H3,(H,36,39)/t25-,26-,28-,29+,30-,33-/m0/s1. The zero-order valence-electron chi connectivity index (χ0n) is 25.8. The molecule has 2 bridgehead atoms. The van der Waals surface area contributed by atoms with Crippen LogP contribution in [0.15, 0.2) is 42.7 Å². The summed E-state index contributed by atoms with van der Waals surface area (Å²) in [5, 5.41) is 7.61. The van der Waals surface area contributed by atoms with Crippen molar-refractivity contribution in [2.24, 2.45) is 29.1 Å². The summed E-state index contributed by atoms with van der Waals surface area (Å²) < 4.78 is 15.1. The Morgan fingerprint density at radius 3 is 2.56 bits per heavy atom. The fourth-order valence-electron chi connectivity index (χ4n) is 7.57. The van der Waals surface area contributed by atoms with E-state index in [1.54, 1.807) is 10.9 Å². The highest BCUT2D eigenvalue weighted by Crippen LogP contribution is 2.65. The maximum atomic E-state index is 13.9. The third-order valence-corrected chi connectivity index (χ3v) is 10.2. The van der Waals surface area contributed by atoms with Crippen molar-refractivity contribution in [3.05, 3.63) is 53.9 Å². The number of hydrogen-bond acceptors (Lipinski definition) is 5. The van der Waals surface area contributed by atoms with Crippen LogP contribution in [0.25, 0.3) is 0 Å². The van der Waals surface area contributed by atoms with Crippen LogP contribution in [0.5, 0.6) is 0 Å². The molecule has 0 spiro atoms. The molecular formula is C33H48BN3O4. The van der Waals surface area contributed by atoms with Gasteiger partial charge in [-0.3, -0.25) is 14.3 Å². The zero-order chi connectivity index (χ0) is 29.4. The van der Waals surface area contributed by atoms with E-state index in [1.165, 1.54) is 12.0 Å². The molecule has 4 aliphatic rings. The van der Waals surface area contributed by atoms with Gasteiger partial charge in [-0.1, -0.05) is 65.3 Å². The second-order valence-electron chi connectivity index (χ2n) is 13.9. The summed E-state index contributed by atoms with van der Waals surface area (Å²) in [5.41, 5.74) is 1.79. The van der Waals surface area contributed by atoms with Crippen LogP contribution in [0.3, 0.4) is 0 Å². The predicted octanol–water partition coefficient (Wildman–Crippen LogP) is 5.91. The predicted molar refractivity (Wildman–Crippen MR) is 161 cm³/mol. The number of hydrogen-bond donors (Lipinski definition) is 1. The number of rotatable bonds is 13. The summed E-state index contributed by atoms with van der Waals surface area (Å²) in [6.45, 7) is 13.7. The number of unbranched alkanes of at least 4 members (excludes halogenated alkanes) is 1. The molecule has 7 nitrogen and oxygen atoms in total. The number of ketones is 1. The molecule has 3 aliphatic carbocycles. The lowest BCUT2D eigenvalue weighted by Crippen LogP contribution is -2.65. The SMILES string of the molecule is CCCCc1ccc(C(=O)C[C@@H](Cn2cccn2)C(=O)N[C@@H](CC(C)C)B2O[C@@H]3C[C@@H]4C[C@@H](C4(C)C)[C@]3(C)O2)cc1. The zero-order valence-corrected chi connectivity index (χ0v) is 25.8. The maximum Gasteiger partial charge on any atom is 0.481 e. The molecule has 1 saturated heterocycles. The van der Waals surface area contributed by atoms with Crippen molar-refractivity contribution in [1.29, 1.82) is 0 Å². The van der Waals surface area contributed by atoms with Crippen molar-refractivity contribution in [1.82, 2.24) is 15.1 Å². The van der Waals surface area contributed by atoms with Crippen LogP contribution >= 0.6 is 0 Å². The Bertz CT molecular complexity index is 1200. The number of carbonyl (C=O) groups excluding carboxylic acids is 2. The first-order valence-electron chi connectivity index (χ1n) is 15.7. The minimum absolute atomic E-state index is 0.0336. The second-order valence-corrected chi connectivity index (χ2v) is 13.9. The van der Waals surface area contributed by atoms with Crippen LogP contribution in [0, 0.1) is 29.1 Å². The highest BCUT2D eigenvalue weighted by Gasteiger charge is 2.68. The van der Waals surface area contributed by atoms with E-state index < -0.39 is 13.0 Å². The average molecular weight is 562 g/mol. The van der Waals surface area contributed by atoms with Gasteiger partial charge in [0.2, 0.25) is 5.91 Å². The van der Waals surface area contributed by atoms with Gasteiger partial charge in [-0.2, -0.15) is 5.10 Å². The summed E-state index contributed by atoms with van der Waals surface area (Å²) in [5.74, 6) is 0.408. The molecule has 0 radical (unpaired) electrons. The fraction of sp³-hybridized carbons (Fsp3) is 0.667. The van der Waals surface area contributed by atoms with Crippen LogP contribution in [0.2, 0.25) is 0 Å². The van der Waals surface area contributed by atoms with Crippen LogP contribution in [-0.2, 0) is 27.1 Å². The maximum absolute atomic E-state index is 13.9. The van der Waals surface area contributed by atoms with Crippen LogP contribution < -0.4 is 5.32 Å². The Labute approximate surface area is 246 Å². The van der Waals surface area contributed by atoms with E-state index in [-0.39, 0.29) is 41.2 Å². The lowest BCUT2D eigenvalue weighted by atomic mass is 9.43. The highest BCUT2D eigenvalue weighted by atomic mass is 16.7. The number of benzene rings is 1. The van der Waals surface area contributed by atoms with Crippen LogP contribution in [0.4, 0.5) is 0 Å². The van der Waals surface area contributed by atoms with E-state index in [9.17, 15) is 9.59 Å². The molecule has 2 aromatic rings. The van der Waals surface area contributed by atoms with E-state index in [2.05, 4.69) is 52.0 Å². The van der Waals surface area contributed by atoms with Gasteiger partial charge in [-0.15, -0.1) is 0 Å². The topological polar surface area (TPSA) is 82.5 Å².